The molecular weight excluding hydrogens is 170 g/mol. The Labute approximate surface area is 79.4 Å². The fourth-order valence-electron chi connectivity index (χ4n) is 1.44. The Morgan fingerprint density at radius 3 is 2.62 bits per heavy atom. The van der Waals surface area contributed by atoms with E-state index < -0.39 is 0 Å². The Morgan fingerprint density at radius 1 is 1.46 bits per heavy atom. The van der Waals surface area contributed by atoms with Gasteiger partial charge in [0.15, 0.2) is 6.29 Å². The molecule has 0 saturated carbocycles. The molecule has 0 aliphatic carbocycles. The highest BCUT2D eigenvalue weighted by Gasteiger charge is 2.16. The molecule has 1 heterocycles. The molecule has 13 heavy (non-hydrogen) atoms. The van der Waals surface area contributed by atoms with Gasteiger partial charge in [0, 0.05) is 19.5 Å². The van der Waals surface area contributed by atoms with E-state index in [1.165, 1.54) is 0 Å². The molecule has 1 rings (SSSR count). The van der Waals surface area contributed by atoms with E-state index in [9.17, 15) is 0 Å². The molecule has 1 saturated heterocycles. The monoisotopic (exact) mass is 189 g/mol. The zero-order valence-electron chi connectivity index (χ0n) is 8.40. The summed E-state index contributed by atoms with van der Waals surface area (Å²) in [5.41, 5.74) is 0. The Balaban J connectivity index is 2.03. The molecule has 0 aromatic carbocycles. The summed E-state index contributed by atoms with van der Waals surface area (Å²) < 4.78 is 10.6. The predicted octanol–water partition coefficient (Wildman–Crippen LogP) is 0.0620. The molecule has 4 heteroatoms. The van der Waals surface area contributed by atoms with Crippen LogP contribution in [0.5, 0.6) is 0 Å². The molecule has 0 spiro atoms. The molecule has 78 valence electrons. The van der Waals surface area contributed by atoms with Gasteiger partial charge in [-0.25, -0.2) is 0 Å². The van der Waals surface area contributed by atoms with Crippen LogP contribution < -0.4 is 0 Å². The summed E-state index contributed by atoms with van der Waals surface area (Å²) in [4.78, 5) is 2.08. The van der Waals surface area contributed by atoms with Crippen LogP contribution in [0.1, 0.15) is 13.3 Å². The van der Waals surface area contributed by atoms with Crippen LogP contribution in [0.3, 0.4) is 0 Å². The third-order valence-electron chi connectivity index (χ3n) is 2.01. The van der Waals surface area contributed by atoms with E-state index >= 15 is 0 Å². The molecule has 0 amide bonds. The highest BCUT2D eigenvalue weighted by molar-refractivity contribution is 4.59. The molecular formula is C9H19NO3. The number of aliphatic hydroxyl groups excluding tert-OH is 1. The first-order valence-electron chi connectivity index (χ1n) is 4.78. The fraction of sp³-hybridized carbons (Fsp3) is 1.00. The maximum Gasteiger partial charge on any atom is 0.159 e. The van der Waals surface area contributed by atoms with Crippen LogP contribution in [0, 0.1) is 0 Å². The van der Waals surface area contributed by atoms with Gasteiger partial charge in [-0.2, -0.15) is 0 Å². The zero-order valence-corrected chi connectivity index (χ0v) is 8.40. The topological polar surface area (TPSA) is 41.9 Å². The summed E-state index contributed by atoms with van der Waals surface area (Å²) in [7, 11) is 1.99. The largest absolute Gasteiger partial charge is 0.392 e. The van der Waals surface area contributed by atoms with Crippen molar-refractivity contribution in [3.63, 3.8) is 0 Å². The van der Waals surface area contributed by atoms with Gasteiger partial charge in [-0.1, -0.05) is 0 Å². The summed E-state index contributed by atoms with van der Waals surface area (Å²) in [6.45, 7) is 4.82. The lowest BCUT2D eigenvalue weighted by Crippen LogP contribution is -2.30. The summed E-state index contributed by atoms with van der Waals surface area (Å²) in [5.74, 6) is 0. The molecule has 0 aromatic heterocycles. The number of hydrogen-bond donors (Lipinski definition) is 1. The fourth-order valence-corrected chi connectivity index (χ4v) is 1.44. The summed E-state index contributed by atoms with van der Waals surface area (Å²) in [6.07, 6.45) is 0.579. The molecule has 0 bridgehead atoms. The van der Waals surface area contributed by atoms with E-state index in [-0.39, 0.29) is 12.4 Å². The van der Waals surface area contributed by atoms with Crippen LogP contribution in [0.4, 0.5) is 0 Å². The van der Waals surface area contributed by atoms with Crippen molar-refractivity contribution in [2.45, 2.75) is 25.7 Å². The Kier molecular flexibility index (Phi) is 4.66. The van der Waals surface area contributed by atoms with E-state index in [0.717, 1.165) is 13.0 Å². The number of likely N-dealkylation sites (N-methyl/N-ethyl adjacent to an activating group) is 1. The second-order valence-corrected chi connectivity index (χ2v) is 3.57. The molecule has 0 radical (unpaired) electrons. The zero-order chi connectivity index (χ0) is 9.68. The first-order valence-corrected chi connectivity index (χ1v) is 4.78. The molecule has 4 nitrogen and oxygen atoms in total. The van der Waals surface area contributed by atoms with Gasteiger partial charge in [0.1, 0.15) is 0 Å². The van der Waals surface area contributed by atoms with Crippen LogP contribution in [-0.2, 0) is 9.47 Å². The van der Waals surface area contributed by atoms with Crippen molar-refractivity contribution in [1.82, 2.24) is 4.90 Å². The molecule has 1 atom stereocenters. The SMILES string of the molecule is C[C@@H](O)CN(C)CCC1OCCO1. The van der Waals surface area contributed by atoms with Crippen LogP contribution in [0.2, 0.25) is 0 Å². The van der Waals surface area contributed by atoms with Gasteiger partial charge < -0.3 is 19.5 Å². The Hall–Kier alpha value is -0.160. The van der Waals surface area contributed by atoms with Crippen LogP contribution in [0.25, 0.3) is 0 Å². The van der Waals surface area contributed by atoms with Gasteiger partial charge >= 0.3 is 0 Å². The maximum absolute atomic E-state index is 9.11. The highest BCUT2D eigenvalue weighted by atomic mass is 16.7. The van der Waals surface area contributed by atoms with Gasteiger partial charge in [0.2, 0.25) is 0 Å². The van der Waals surface area contributed by atoms with Crippen molar-refractivity contribution in [3.05, 3.63) is 0 Å². The minimum Gasteiger partial charge on any atom is -0.392 e. The summed E-state index contributed by atoms with van der Waals surface area (Å²) in [5, 5.41) is 9.11. The Morgan fingerprint density at radius 2 is 2.08 bits per heavy atom. The summed E-state index contributed by atoms with van der Waals surface area (Å²) in [6, 6.07) is 0. The van der Waals surface area contributed by atoms with Crippen molar-refractivity contribution in [3.8, 4) is 0 Å². The lowest BCUT2D eigenvalue weighted by molar-refractivity contribution is -0.0516. The average molecular weight is 189 g/mol. The third-order valence-corrected chi connectivity index (χ3v) is 2.01. The minimum atomic E-state index is -0.268. The van der Waals surface area contributed by atoms with Gasteiger partial charge in [-0.05, 0) is 14.0 Å². The van der Waals surface area contributed by atoms with Crippen LogP contribution >= 0.6 is 0 Å². The van der Waals surface area contributed by atoms with Crippen molar-refractivity contribution >= 4 is 0 Å². The number of hydrogen-bond acceptors (Lipinski definition) is 4. The van der Waals surface area contributed by atoms with Gasteiger partial charge in [0.05, 0.1) is 19.3 Å². The predicted molar refractivity (Wildman–Crippen MR) is 49.5 cm³/mol. The molecule has 0 unspecified atom stereocenters. The lowest BCUT2D eigenvalue weighted by Gasteiger charge is -2.19. The smallest absolute Gasteiger partial charge is 0.159 e. The van der Waals surface area contributed by atoms with Crippen LogP contribution in [-0.4, -0.2) is 55.8 Å². The van der Waals surface area contributed by atoms with E-state index in [2.05, 4.69) is 4.90 Å². The average Bonchev–Trinajstić information content (AvgIpc) is 2.51. The molecule has 1 N–H and O–H groups in total. The first kappa shape index (κ1) is 10.9. The molecule has 1 aliphatic heterocycles. The first-order chi connectivity index (χ1) is 6.18. The number of nitrogens with zero attached hydrogens (tertiary/aromatic N) is 1. The standard InChI is InChI=1S/C9H19NO3/c1-8(11)7-10(2)4-3-9-12-5-6-13-9/h8-9,11H,3-7H2,1-2H3/t8-/m1/s1. The molecule has 1 aliphatic rings. The third kappa shape index (κ3) is 4.57. The normalized spacial score (nSPS) is 21.2. The Bertz CT molecular complexity index is 135. The number of aliphatic hydroxyl groups is 1. The van der Waals surface area contributed by atoms with Crippen molar-refractivity contribution in [1.29, 1.82) is 0 Å². The second-order valence-electron chi connectivity index (χ2n) is 3.57. The van der Waals surface area contributed by atoms with E-state index in [0.29, 0.717) is 19.8 Å². The van der Waals surface area contributed by atoms with Crippen LogP contribution in [0.15, 0.2) is 0 Å². The minimum absolute atomic E-state index is 0.0311. The maximum atomic E-state index is 9.11. The molecule has 0 aromatic rings. The van der Waals surface area contributed by atoms with Crippen molar-refractivity contribution in [2.24, 2.45) is 0 Å². The number of rotatable bonds is 5. The highest BCUT2D eigenvalue weighted by Crippen LogP contribution is 2.08. The molecule has 1 fully saturated rings. The quantitative estimate of drug-likeness (QED) is 0.664. The van der Waals surface area contributed by atoms with Gasteiger partial charge in [-0.15, -0.1) is 0 Å². The lowest BCUT2D eigenvalue weighted by atomic mass is 10.3. The van der Waals surface area contributed by atoms with Gasteiger partial charge in [-0.3, -0.25) is 0 Å². The van der Waals surface area contributed by atoms with Crippen molar-refractivity contribution < 1.29 is 14.6 Å². The van der Waals surface area contributed by atoms with E-state index in [1.807, 2.05) is 7.05 Å². The second kappa shape index (κ2) is 5.54. The van der Waals surface area contributed by atoms with Gasteiger partial charge in [0.25, 0.3) is 0 Å². The number of ether oxygens (including phenoxy) is 2. The van der Waals surface area contributed by atoms with E-state index in [1.54, 1.807) is 6.92 Å². The van der Waals surface area contributed by atoms with E-state index in [4.69, 9.17) is 14.6 Å². The van der Waals surface area contributed by atoms with Crippen molar-refractivity contribution in [2.75, 3.05) is 33.4 Å². The summed E-state index contributed by atoms with van der Waals surface area (Å²) >= 11 is 0.